The Morgan fingerprint density at radius 1 is 1.21 bits per heavy atom. The molecule has 0 spiro atoms. The monoisotopic (exact) mass is 464 g/mol. The lowest BCUT2D eigenvalue weighted by molar-refractivity contribution is -0.135. The van der Waals surface area contributed by atoms with Crippen molar-refractivity contribution in [2.45, 2.75) is 39.3 Å². The van der Waals surface area contributed by atoms with E-state index in [1.807, 2.05) is 37.3 Å². The number of halogens is 1. The van der Waals surface area contributed by atoms with Crippen LogP contribution in [0.25, 0.3) is 17.0 Å². The molecule has 1 aliphatic heterocycles. The van der Waals surface area contributed by atoms with Crippen molar-refractivity contribution in [3.8, 4) is 0 Å². The summed E-state index contributed by atoms with van der Waals surface area (Å²) < 4.78 is 0. The van der Waals surface area contributed by atoms with Crippen molar-refractivity contribution in [2.24, 2.45) is 0 Å². The summed E-state index contributed by atoms with van der Waals surface area (Å²) in [5.74, 6) is 0.147. The number of nitrogens with zero attached hydrogens (tertiary/aromatic N) is 3. The molecule has 170 valence electrons. The molecule has 2 aromatic carbocycles. The maximum absolute atomic E-state index is 13.4. The van der Waals surface area contributed by atoms with E-state index in [9.17, 15) is 14.4 Å². The van der Waals surface area contributed by atoms with Crippen LogP contribution in [0.15, 0.2) is 53.5 Å². The first-order chi connectivity index (χ1) is 15.9. The fraction of sp³-hybridized carbons (Fsp3) is 0.280. The van der Waals surface area contributed by atoms with Gasteiger partial charge in [0.05, 0.1) is 29.9 Å². The maximum atomic E-state index is 13.4. The average Bonchev–Trinajstić information content (AvgIpc) is 2.78. The molecule has 8 heteroatoms. The highest BCUT2D eigenvalue weighted by atomic mass is 35.5. The first kappa shape index (κ1) is 22.7. The molecule has 0 radical (unpaired) electrons. The van der Waals surface area contributed by atoms with E-state index in [1.165, 1.54) is 6.92 Å². The van der Waals surface area contributed by atoms with Gasteiger partial charge in [0.1, 0.15) is 5.82 Å². The summed E-state index contributed by atoms with van der Waals surface area (Å²) >= 11 is 6.06. The van der Waals surface area contributed by atoms with Crippen LogP contribution in [-0.4, -0.2) is 38.1 Å². The van der Waals surface area contributed by atoms with Gasteiger partial charge in [0.2, 0.25) is 11.8 Å². The Hall–Kier alpha value is -3.45. The minimum absolute atomic E-state index is 0.118. The summed E-state index contributed by atoms with van der Waals surface area (Å²) in [6, 6.07) is 12.3. The van der Waals surface area contributed by atoms with Crippen molar-refractivity contribution in [3.05, 3.63) is 81.0 Å². The van der Waals surface area contributed by atoms with Gasteiger partial charge < -0.3 is 14.8 Å². The number of aromatic amines is 1. The molecule has 1 unspecified atom stereocenters. The van der Waals surface area contributed by atoms with E-state index in [0.717, 1.165) is 17.5 Å². The molecule has 0 fully saturated rings. The summed E-state index contributed by atoms with van der Waals surface area (Å²) in [6.45, 7) is 4.14. The van der Waals surface area contributed by atoms with Gasteiger partial charge in [-0.05, 0) is 41.8 Å². The van der Waals surface area contributed by atoms with Crippen molar-refractivity contribution in [3.63, 3.8) is 0 Å². The summed E-state index contributed by atoms with van der Waals surface area (Å²) in [7, 11) is 0. The second kappa shape index (κ2) is 9.58. The Morgan fingerprint density at radius 3 is 2.76 bits per heavy atom. The summed E-state index contributed by atoms with van der Waals surface area (Å²) in [6.07, 6.45) is 4.49. The molecule has 3 aromatic rings. The standard InChI is InChI=1S/C25H25ClN4O3/c1-3-11-29(15-23-27-21-13-18(26)8-9-20(21)25(33)28-23)24(32)14-22-19-7-5-4-6-17(19)10-12-30(22)16(2)31/h4-10,12-13,22H,3,11,14-15H2,1-2H3,(H,27,28,33). The number of amides is 2. The molecular formula is C25H25ClN4O3. The number of nitrogens with one attached hydrogen (secondary N) is 1. The molecule has 0 saturated carbocycles. The van der Waals surface area contributed by atoms with Crippen LogP contribution >= 0.6 is 11.6 Å². The third-order valence-corrected chi connectivity index (χ3v) is 5.98. The Morgan fingerprint density at radius 2 is 2.00 bits per heavy atom. The molecule has 7 nitrogen and oxygen atoms in total. The molecule has 2 amide bonds. The van der Waals surface area contributed by atoms with Crippen molar-refractivity contribution in [2.75, 3.05) is 6.54 Å². The van der Waals surface area contributed by atoms with E-state index in [4.69, 9.17) is 11.6 Å². The Labute approximate surface area is 196 Å². The lowest BCUT2D eigenvalue weighted by Gasteiger charge is -2.34. The average molecular weight is 465 g/mol. The van der Waals surface area contributed by atoms with Crippen LogP contribution in [0.4, 0.5) is 0 Å². The van der Waals surface area contributed by atoms with Crippen molar-refractivity contribution in [1.82, 2.24) is 19.8 Å². The topological polar surface area (TPSA) is 86.4 Å². The third kappa shape index (κ3) is 4.83. The Balaban J connectivity index is 1.61. The number of carbonyl (C=O) groups is 2. The van der Waals surface area contributed by atoms with Gasteiger partial charge in [0, 0.05) is 24.7 Å². The van der Waals surface area contributed by atoms with Gasteiger partial charge in [0.15, 0.2) is 0 Å². The minimum atomic E-state index is -0.391. The molecule has 33 heavy (non-hydrogen) atoms. The number of rotatable bonds is 6. The van der Waals surface area contributed by atoms with E-state index >= 15 is 0 Å². The van der Waals surface area contributed by atoms with Gasteiger partial charge in [-0.2, -0.15) is 0 Å². The maximum Gasteiger partial charge on any atom is 0.258 e. The number of H-pyrrole nitrogens is 1. The highest BCUT2D eigenvalue weighted by Gasteiger charge is 2.30. The molecule has 1 N–H and O–H groups in total. The highest BCUT2D eigenvalue weighted by molar-refractivity contribution is 6.31. The molecule has 0 bridgehead atoms. The number of carbonyl (C=O) groups excluding carboxylic acids is 2. The number of hydrogen-bond acceptors (Lipinski definition) is 4. The van der Waals surface area contributed by atoms with Crippen molar-refractivity contribution < 1.29 is 9.59 Å². The third-order valence-electron chi connectivity index (χ3n) is 5.74. The van der Waals surface area contributed by atoms with Gasteiger partial charge >= 0.3 is 0 Å². The number of fused-ring (bicyclic) bond motifs is 2. The van der Waals surface area contributed by atoms with Crippen LogP contribution in [-0.2, 0) is 16.1 Å². The fourth-order valence-electron chi connectivity index (χ4n) is 4.19. The fourth-order valence-corrected chi connectivity index (χ4v) is 4.35. The second-order valence-electron chi connectivity index (χ2n) is 8.08. The Bertz CT molecular complexity index is 1300. The predicted molar refractivity (Wildman–Crippen MR) is 128 cm³/mol. The van der Waals surface area contributed by atoms with Crippen LogP contribution in [0.1, 0.15) is 49.7 Å². The van der Waals surface area contributed by atoms with E-state index in [1.54, 1.807) is 34.2 Å². The minimum Gasteiger partial charge on any atom is -0.335 e. The first-order valence-corrected chi connectivity index (χ1v) is 11.3. The largest absolute Gasteiger partial charge is 0.335 e. The smallest absolute Gasteiger partial charge is 0.258 e. The van der Waals surface area contributed by atoms with Crippen LogP contribution < -0.4 is 5.56 Å². The lowest BCUT2D eigenvalue weighted by Crippen LogP contribution is -2.38. The zero-order valence-corrected chi connectivity index (χ0v) is 19.3. The van der Waals surface area contributed by atoms with Crippen LogP contribution in [0, 0.1) is 0 Å². The molecule has 1 aromatic heterocycles. The van der Waals surface area contributed by atoms with Gasteiger partial charge in [0.25, 0.3) is 5.56 Å². The molecule has 4 rings (SSSR count). The molecular weight excluding hydrogens is 440 g/mol. The van der Waals surface area contributed by atoms with Gasteiger partial charge in [-0.1, -0.05) is 42.8 Å². The van der Waals surface area contributed by atoms with E-state index in [2.05, 4.69) is 9.97 Å². The van der Waals surface area contributed by atoms with Crippen LogP contribution in [0.3, 0.4) is 0 Å². The zero-order valence-electron chi connectivity index (χ0n) is 18.5. The normalized spacial score (nSPS) is 14.9. The summed E-state index contributed by atoms with van der Waals surface area (Å²) in [4.78, 5) is 48.7. The quantitative estimate of drug-likeness (QED) is 0.590. The second-order valence-corrected chi connectivity index (χ2v) is 8.52. The van der Waals surface area contributed by atoms with Crippen molar-refractivity contribution >= 4 is 40.4 Å². The summed E-state index contributed by atoms with van der Waals surface area (Å²) in [5.41, 5.74) is 2.14. The molecule has 0 aliphatic carbocycles. The van der Waals surface area contributed by atoms with Crippen LogP contribution in [0.5, 0.6) is 0 Å². The summed E-state index contributed by atoms with van der Waals surface area (Å²) in [5, 5.41) is 0.931. The zero-order chi connectivity index (χ0) is 23.5. The molecule has 0 saturated heterocycles. The van der Waals surface area contributed by atoms with E-state index < -0.39 is 6.04 Å². The molecule has 1 aliphatic rings. The predicted octanol–water partition coefficient (Wildman–Crippen LogP) is 4.28. The van der Waals surface area contributed by atoms with Gasteiger partial charge in [-0.15, -0.1) is 0 Å². The SMILES string of the molecule is CCCN(Cc1nc2cc(Cl)ccc2c(=O)[nH]1)C(=O)CC1c2ccccc2C=CN1C(C)=O. The van der Waals surface area contributed by atoms with E-state index in [-0.39, 0.29) is 30.3 Å². The number of hydrogen-bond donors (Lipinski definition) is 1. The van der Waals surface area contributed by atoms with Crippen LogP contribution in [0.2, 0.25) is 5.02 Å². The lowest BCUT2D eigenvalue weighted by atomic mass is 9.93. The number of benzene rings is 2. The molecule has 1 atom stereocenters. The highest BCUT2D eigenvalue weighted by Crippen LogP contribution is 2.33. The van der Waals surface area contributed by atoms with E-state index in [0.29, 0.717) is 28.3 Å². The first-order valence-electron chi connectivity index (χ1n) is 10.9. The Kier molecular flexibility index (Phi) is 6.60. The van der Waals surface area contributed by atoms with Gasteiger partial charge in [-0.25, -0.2) is 4.98 Å². The van der Waals surface area contributed by atoms with Crippen molar-refractivity contribution in [1.29, 1.82) is 0 Å². The van der Waals surface area contributed by atoms with Gasteiger partial charge in [-0.3, -0.25) is 14.4 Å². The molecule has 2 heterocycles. The number of aromatic nitrogens is 2.